The van der Waals surface area contributed by atoms with Crippen LogP contribution in [0.15, 0.2) is 42.5 Å². The minimum Gasteiger partial charge on any atom is -0.496 e. The number of carbonyl (C=O) groups excluding carboxylic acids is 2. The fraction of sp³-hybridized carbons (Fsp3) is 0.462. The lowest BCUT2D eigenvalue weighted by Crippen LogP contribution is -2.54. The standard InChI is InChI=1S/C26H32ClN3O6/c1-33-22-4-3-5-23(34-2)25(22)26(32)29-12-10-28(11-13-29)16-21-17-30(14-15-35-21)24(31)18-36-20-8-6-19(27)7-9-20/h3-9,21H,10-18H2,1-2H3/t21-/m1/s1. The Balaban J connectivity index is 1.25. The highest BCUT2D eigenvalue weighted by Gasteiger charge is 2.30. The molecule has 2 aliphatic rings. The van der Waals surface area contributed by atoms with E-state index in [0.29, 0.717) is 67.2 Å². The Morgan fingerprint density at radius 1 is 0.944 bits per heavy atom. The predicted octanol–water partition coefficient (Wildman–Crippen LogP) is 2.42. The molecule has 2 aliphatic heterocycles. The molecule has 2 heterocycles. The molecule has 2 fully saturated rings. The van der Waals surface area contributed by atoms with Gasteiger partial charge in [-0.15, -0.1) is 0 Å². The first-order valence-corrected chi connectivity index (χ1v) is 12.4. The van der Waals surface area contributed by atoms with Gasteiger partial charge in [-0.1, -0.05) is 17.7 Å². The van der Waals surface area contributed by atoms with Crippen molar-refractivity contribution < 1.29 is 28.5 Å². The number of piperazine rings is 1. The summed E-state index contributed by atoms with van der Waals surface area (Å²) in [7, 11) is 3.09. The third kappa shape index (κ3) is 6.40. The molecule has 0 bridgehead atoms. The van der Waals surface area contributed by atoms with Gasteiger partial charge < -0.3 is 28.7 Å². The van der Waals surface area contributed by atoms with Crippen molar-refractivity contribution in [3.05, 3.63) is 53.1 Å². The highest BCUT2D eigenvalue weighted by atomic mass is 35.5. The number of amides is 2. The summed E-state index contributed by atoms with van der Waals surface area (Å²) in [5.74, 6) is 1.44. The molecule has 4 rings (SSSR count). The second kappa shape index (κ2) is 12.3. The molecule has 2 aromatic rings. The summed E-state index contributed by atoms with van der Waals surface area (Å²) in [6.07, 6.45) is -0.0882. The van der Waals surface area contributed by atoms with Crippen LogP contribution in [0.25, 0.3) is 0 Å². The monoisotopic (exact) mass is 517 g/mol. The first-order chi connectivity index (χ1) is 17.5. The normalized spacial score (nSPS) is 18.6. The summed E-state index contributed by atoms with van der Waals surface area (Å²) in [5.41, 5.74) is 0.446. The molecule has 0 N–H and O–H groups in total. The molecule has 0 aromatic heterocycles. The van der Waals surface area contributed by atoms with Crippen molar-refractivity contribution in [1.82, 2.24) is 14.7 Å². The van der Waals surface area contributed by atoms with Crippen LogP contribution in [0.2, 0.25) is 5.02 Å². The Morgan fingerprint density at radius 2 is 1.61 bits per heavy atom. The molecule has 36 heavy (non-hydrogen) atoms. The van der Waals surface area contributed by atoms with Gasteiger partial charge in [-0.2, -0.15) is 0 Å². The Hall–Kier alpha value is -3.01. The van der Waals surface area contributed by atoms with Gasteiger partial charge in [0, 0.05) is 50.8 Å². The van der Waals surface area contributed by atoms with Crippen molar-refractivity contribution in [3.8, 4) is 17.2 Å². The van der Waals surface area contributed by atoms with E-state index in [1.165, 1.54) is 0 Å². The van der Waals surface area contributed by atoms with Gasteiger partial charge in [0.05, 0.1) is 26.9 Å². The van der Waals surface area contributed by atoms with Gasteiger partial charge >= 0.3 is 0 Å². The molecule has 2 amide bonds. The van der Waals surface area contributed by atoms with Crippen LogP contribution in [0, 0.1) is 0 Å². The lowest BCUT2D eigenvalue weighted by molar-refractivity contribution is -0.141. The van der Waals surface area contributed by atoms with Crippen molar-refractivity contribution >= 4 is 23.4 Å². The summed E-state index contributed by atoms with van der Waals surface area (Å²) in [5, 5.41) is 0.620. The topological polar surface area (TPSA) is 80.8 Å². The summed E-state index contributed by atoms with van der Waals surface area (Å²) >= 11 is 5.89. The first-order valence-electron chi connectivity index (χ1n) is 12.0. The van der Waals surface area contributed by atoms with Gasteiger partial charge in [0.25, 0.3) is 11.8 Å². The quantitative estimate of drug-likeness (QED) is 0.532. The Labute approximate surface area is 216 Å². The van der Waals surface area contributed by atoms with Crippen LogP contribution in [0.5, 0.6) is 17.2 Å². The number of rotatable bonds is 8. The lowest BCUT2D eigenvalue weighted by Gasteiger charge is -2.39. The molecule has 2 saturated heterocycles. The molecule has 10 heteroatoms. The molecule has 194 valence electrons. The minimum atomic E-state index is -0.102. The molecule has 2 aromatic carbocycles. The Morgan fingerprint density at radius 3 is 2.25 bits per heavy atom. The molecule has 9 nitrogen and oxygen atoms in total. The van der Waals surface area contributed by atoms with E-state index in [-0.39, 0.29) is 24.5 Å². The summed E-state index contributed by atoms with van der Waals surface area (Å²) in [4.78, 5) is 31.8. The van der Waals surface area contributed by atoms with Gasteiger partial charge in [-0.25, -0.2) is 0 Å². The Kier molecular flexibility index (Phi) is 8.90. The maximum atomic E-state index is 13.2. The third-order valence-electron chi connectivity index (χ3n) is 6.43. The van der Waals surface area contributed by atoms with Crippen molar-refractivity contribution in [2.24, 2.45) is 0 Å². The number of nitrogens with zero attached hydrogens (tertiary/aromatic N) is 3. The first kappa shape index (κ1) is 26.1. The van der Waals surface area contributed by atoms with E-state index >= 15 is 0 Å². The number of halogens is 1. The SMILES string of the molecule is COc1cccc(OC)c1C(=O)N1CCN(C[C@@H]2CN(C(=O)COc3ccc(Cl)cc3)CCO2)CC1. The largest absolute Gasteiger partial charge is 0.496 e. The second-order valence-corrected chi connectivity index (χ2v) is 9.14. The molecule has 1 atom stereocenters. The number of hydrogen-bond donors (Lipinski definition) is 0. The average Bonchev–Trinajstić information content (AvgIpc) is 2.92. The van der Waals surface area contributed by atoms with Crippen molar-refractivity contribution in [2.75, 3.05) is 73.2 Å². The number of methoxy groups -OCH3 is 2. The molecular weight excluding hydrogens is 486 g/mol. The molecular formula is C26H32ClN3O6. The highest BCUT2D eigenvalue weighted by molar-refractivity contribution is 6.30. The van der Waals surface area contributed by atoms with Gasteiger partial charge in [0.15, 0.2) is 6.61 Å². The Bertz CT molecular complexity index is 1020. The molecule has 0 aliphatic carbocycles. The fourth-order valence-electron chi connectivity index (χ4n) is 4.47. The van der Waals surface area contributed by atoms with E-state index in [9.17, 15) is 9.59 Å². The lowest BCUT2D eigenvalue weighted by atomic mass is 10.1. The zero-order valence-electron chi connectivity index (χ0n) is 20.7. The van der Waals surface area contributed by atoms with Crippen LogP contribution < -0.4 is 14.2 Å². The summed E-state index contributed by atoms with van der Waals surface area (Å²) < 4.78 is 22.3. The minimum absolute atomic E-state index is 0.0262. The predicted molar refractivity (Wildman–Crippen MR) is 135 cm³/mol. The number of hydrogen-bond acceptors (Lipinski definition) is 7. The number of benzene rings is 2. The van der Waals surface area contributed by atoms with Crippen LogP contribution >= 0.6 is 11.6 Å². The summed E-state index contributed by atoms with van der Waals surface area (Å²) in [6.45, 7) is 4.83. The van der Waals surface area contributed by atoms with E-state index in [4.69, 9.17) is 30.5 Å². The smallest absolute Gasteiger partial charge is 0.261 e. The van der Waals surface area contributed by atoms with Gasteiger partial charge in [-0.3, -0.25) is 14.5 Å². The highest BCUT2D eigenvalue weighted by Crippen LogP contribution is 2.30. The van der Waals surface area contributed by atoms with Crippen LogP contribution in [-0.4, -0.2) is 106 Å². The van der Waals surface area contributed by atoms with Gasteiger partial charge in [0.2, 0.25) is 0 Å². The van der Waals surface area contributed by atoms with E-state index in [0.717, 1.165) is 13.1 Å². The van der Waals surface area contributed by atoms with Crippen molar-refractivity contribution in [1.29, 1.82) is 0 Å². The molecule has 0 radical (unpaired) electrons. The van der Waals surface area contributed by atoms with Crippen LogP contribution in [0.3, 0.4) is 0 Å². The van der Waals surface area contributed by atoms with Crippen LogP contribution in [0.4, 0.5) is 0 Å². The van der Waals surface area contributed by atoms with E-state index < -0.39 is 0 Å². The number of carbonyl (C=O) groups is 2. The summed E-state index contributed by atoms with van der Waals surface area (Å²) in [6, 6.07) is 12.3. The number of morpholine rings is 1. The third-order valence-corrected chi connectivity index (χ3v) is 6.68. The van der Waals surface area contributed by atoms with Crippen LogP contribution in [-0.2, 0) is 9.53 Å². The average molecular weight is 518 g/mol. The second-order valence-electron chi connectivity index (χ2n) is 8.71. The van der Waals surface area contributed by atoms with Crippen molar-refractivity contribution in [2.45, 2.75) is 6.10 Å². The number of ether oxygens (including phenoxy) is 4. The maximum Gasteiger partial charge on any atom is 0.261 e. The van der Waals surface area contributed by atoms with Crippen LogP contribution in [0.1, 0.15) is 10.4 Å². The van der Waals surface area contributed by atoms with E-state index in [1.54, 1.807) is 61.6 Å². The van der Waals surface area contributed by atoms with E-state index in [1.807, 2.05) is 4.90 Å². The van der Waals surface area contributed by atoms with Gasteiger partial charge in [-0.05, 0) is 36.4 Å². The van der Waals surface area contributed by atoms with Gasteiger partial charge in [0.1, 0.15) is 22.8 Å². The molecule has 0 saturated carbocycles. The maximum absolute atomic E-state index is 13.2. The van der Waals surface area contributed by atoms with E-state index in [2.05, 4.69) is 4.90 Å². The molecule has 0 unspecified atom stereocenters. The van der Waals surface area contributed by atoms with Crippen molar-refractivity contribution in [3.63, 3.8) is 0 Å². The fourth-order valence-corrected chi connectivity index (χ4v) is 4.59. The zero-order chi connectivity index (χ0) is 25.5. The molecule has 0 spiro atoms. The zero-order valence-corrected chi connectivity index (χ0v) is 21.4.